The van der Waals surface area contributed by atoms with Gasteiger partial charge in [-0.3, -0.25) is 10.1 Å². The highest BCUT2D eigenvalue weighted by atomic mass is 16.5. The third-order valence-corrected chi connectivity index (χ3v) is 3.89. The first-order valence-electron chi connectivity index (χ1n) is 6.91. The number of hydrogen-bond acceptors (Lipinski definition) is 3. The number of carbonyl (C=O) groups is 2. The molecule has 5 nitrogen and oxygen atoms in total. The van der Waals surface area contributed by atoms with Crippen LogP contribution in [-0.4, -0.2) is 42.1 Å². The summed E-state index contributed by atoms with van der Waals surface area (Å²) in [6.07, 6.45) is 5.75. The van der Waals surface area contributed by atoms with Crippen LogP contribution in [-0.2, 0) is 9.53 Å². The standard InChI is InChI=1S/C13H22N2O3/c1-2-9-18-10-8-15-12(17)14-11(16)13(15)6-4-3-5-7-13/h2-10H2,1H3,(H,14,16,17). The highest BCUT2D eigenvalue weighted by Crippen LogP contribution is 2.36. The minimum atomic E-state index is -0.578. The molecule has 0 aromatic heterocycles. The Balaban J connectivity index is 2.00. The largest absolute Gasteiger partial charge is 0.380 e. The molecular weight excluding hydrogens is 232 g/mol. The van der Waals surface area contributed by atoms with Crippen LogP contribution in [0.1, 0.15) is 45.4 Å². The molecule has 2 aliphatic rings. The molecule has 0 aromatic carbocycles. The minimum Gasteiger partial charge on any atom is -0.380 e. The van der Waals surface area contributed by atoms with Gasteiger partial charge in [-0.2, -0.15) is 0 Å². The summed E-state index contributed by atoms with van der Waals surface area (Å²) in [7, 11) is 0. The van der Waals surface area contributed by atoms with Gasteiger partial charge in [0, 0.05) is 13.2 Å². The topological polar surface area (TPSA) is 58.6 Å². The maximum Gasteiger partial charge on any atom is 0.325 e. The first kappa shape index (κ1) is 13.3. The third-order valence-electron chi connectivity index (χ3n) is 3.89. The quantitative estimate of drug-likeness (QED) is 0.599. The van der Waals surface area contributed by atoms with Crippen molar-refractivity contribution in [3.63, 3.8) is 0 Å². The lowest BCUT2D eigenvalue weighted by atomic mass is 9.80. The Kier molecular flexibility index (Phi) is 4.22. The molecule has 3 amide bonds. The van der Waals surface area contributed by atoms with Crippen molar-refractivity contribution in [2.75, 3.05) is 19.8 Å². The van der Waals surface area contributed by atoms with Crippen LogP contribution in [0.3, 0.4) is 0 Å². The average molecular weight is 254 g/mol. The van der Waals surface area contributed by atoms with Crippen molar-refractivity contribution >= 4 is 11.9 Å². The fourth-order valence-electron chi connectivity index (χ4n) is 2.95. The normalized spacial score (nSPS) is 22.6. The SMILES string of the molecule is CCCOCCN1C(=O)NC(=O)C12CCCCC2. The molecular formula is C13H22N2O3. The zero-order chi connectivity index (χ0) is 13.0. The average Bonchev–Trinajstić information content (AvgIpc) is 2.59. The fourth-order valence-corrected chi connectivity index (χ4v) is 2.95. The molecule has 0 aromatic rings. The molecule has 2 fully saturated rings. The second kappa shape index (κ2) is 5.69. The van der Waals surface area contributed by atoms with Gasteiger partial charge >= 0.3 is 6.03 Å². The van der Waals surface area contributed by atoms with Crippen molar-refractivity contribution in [1.29, 1.82) is 0 Å². The minimum absolute atomic E-state index is 0.109. The van der Waals surface area contributed by atoms with Crippen LogP contribution < -0.4 is 5.32 Å². The van der Waals surface area contributed by atoms with E-state index in [9.17, 15) is 9.59 Å². The predicted octanol–water partition coefficient (Wildman–Crippen LogP) is 1.67. The zero-order valence-electron chi connectivity index (χ0n) is 11.0. The number of amides is 3. The van der Waals surface area contributed by atoms with Gasteiger partial charge in [-0.15, -0.1) is 0 Å². The summed E-state index contributed by atoms with van der Waals surface area (Å²) in [4.78, 5) is 25.6. The number of carbonyl (C=O) groups excluding carboxylic acids is 2. The lowest BCUT2D eigenvalue weighted by Gasteiger charge is -2.38. The van der Waals surface area contributed by atoms with Gasteiger partial charge in [0.15, 0.2) is 0 Å². The maximum absolute atomic E-state index is 12.0. The van der Waals surface area contributed by atoms with Crippen molar-refractivity contribution in [2.24, 2.45) is 0 Å². The van der Waals surface area contributed by atoms with Crippen LogP contribution in [0.25, 0.3) is 0 Å². The predicted molar refractivity (Wildman–Crippen MR) is 67.2 cm³/mol. The maximum atomic E-state index is 12.0. The van der Waals surface area contributed by atoms with Gasteiger partial charge in [0.05, 0.1) is 6.61 Å². The highest BCUT2D eigenvalue weighted by molar-refractivity contribution is 6.07. The molecule has 1 spiro atoms. The Bertz CT molecular complexity index is 324. The highest BCUT2D eigenvalue weighted by Gasteiger charge is 2.52. The van der Waals surface area contributed by atoms with Crippen molar-refractivity contribution in [1.82, 2.24) is 10.2 Å². The third kappa shape index (κ3) is 2.36. The first-order chi connectivity index (χ1) is 8.70. The second-order valence-electron chi connectivity index (χ2n) is 5.12. The molecule has 1 saturated heterocycles. The molecule has 0 radical (unpaired) electrons. The molecule has 102 valence electrons. The lowest BCUT2D eigenvalue weighted by Crippen LogP contribution is -2.51. The van der Waals surface area contributed by atoms with E-state index in [1.165, 1.54) is 0 Å². The fraction of sp³-hybridized carbons (Fsp3) is 0.846. The summed E-state index contributed by atoms with van der Waals surface area (Å²) in [6, 6.07) is -0.248. The number of rotatable bonds is 5. The van der Waals surface area contributed by atoms with E-state index in [0.717, 1.165) is 38.5 Å². The Morgan fingerprint density at radius 3 is 2.61 bits per heavy atom. The van der Waals surface area contributed by atoms with Gasteiger partial charge in [-0.25, -0.2) is 4.79 Å². The van der Waals surface area contributed by atoms with Gasteiger partial charge < -0.3 is 9.64 Å². The summed E-state index contributed by atoms with van der Waals surface area (Å²) in [6.45, 7) is 3.78. The van der Waals surface area contributed by atoms with E-state index in [-0.39, 0.29) is 11.9 Å². The number of imide groups is 1. The van der Waals surface area contributed by atoms with Crippen LogP contribution in [0.15, 0.2) is 0 Å². The van der Waals surface area contributed by atoms with E-state index in [1.807, 2.05) is 0 Å². The molecule has 0 bridgehead atoms. The number of nitrogens with zero attached hydrogens (tertiary/aromatic N) is 1. The molecule has 1 N–H and O–H groups in total. The van der Waals surface area contributed by atoms with E-state index in [2.05, 4.69) is 12.2 Å². The number of nitrogens with one attached hydrogen (secondary N) is 1. The Morgan fingerprint density at radius 1 is 1.22 bits per heavy atom. The van der Waals surface area contributed by atoms with Crippen molar-refractivity contribution in [3.8, 4) is 0 Å². The van der Waals surface area contributed by atoms with E-state index < -0.39 is 5.54 Å². The Morgan fingerprint density at radius 2 is 1.94 bits per heavy atom. The van der Waals surface area contributed by atoms with Gasteiger partial charge in [0.1, 0.15) is 5.54 Å². The number of urea groups is 1. The second-order valence-corrected chi connectivity index (χ2v) is 5.12. The molecule has 0 atom stereocenters. The van der Waals surface area contributed by atoms with Crippen LogP contribution in [0, 0.1) is 0 Å². The van der Waals surface area contributed by atoms with Crippen molar-refractivity contribution in [2.45, 2.75) is 51.0 Å². The van der Waals surface area contributed by atoms with Gasteiger partial charge in [0.25, 0.3) is 5.91 Å². The molecule has 1 aliphatic carbocycles. The lowest BCUT2D eigenvalue weighted by molar-refractivity contribution is -0.128. The molecule has 1 heterocycles. The van der Waals surface area contributed by atoms with Crippen LogP contribution in [0.2, 0.25) is 0 Å². The zero-order valence-corrected chi connectivity index (χ0v) is 11.0. The summed E-state index contributed by atoms with van der Waals surface area (Å²) in [5.41, 5.74) is -0.578. The smallest absolute Gasteiger partial charge is 0.325 e. The summed E-state index contributed by atoms with van der Waals surface area (Å²) in [5, 5.41) is 2.46. The summed E-state index contributed by atoms with van der Waals surface area (Å²) < 4.78 is 5.43. The van der Waals surface area contributed by atoms with E-state index >= 15 is 0 Å². The molecule has 0 unspecified atom stereocenters. The van der Waals surface area contributed by atoms with Crippen molar-refractivity contribution in [3.05, 3.63) is 0 Å². The number of ether oxygens (including phenoxy) is 1. The Hall–Kier alpha value is -1.10. The molecule has 1 aliphatic heterocycles. The molecule has 1 saturated carbocycles. The van der Waals surface area contributed by atoms with Crippen LogP contribution >= 0.6 is 0 Å². The van der Waals surface area contributed by atoms with Gasteiger partial charge in [0.2, 0.25) is 0 Å². The van der Waals surface area contributed by atoms with Crippen molar-refractivity contribution < 1.29 is 14.3 Å². The van der Waals surface area contributed by atoms with E-state index in [1.54, 1.807) is 4.90 Å². The van der Waals surface area contributed by atoms with Crippen LogP contribution in [0.4, 0.5) is 4.79 Å². The van der Waals surface area contributed by atoms with E-state index in [4.69, 9.17) is 4.74 Å². The number of hydrogen-bond donors (Lipinski definition) is 1. The van der Waals surface area contributed by atoms with E-state index in [0.29, 0.717) is 19.8 Å². The van der Waals surface area contributed by atoms with Gasteiger partial charge in [-0.1, -0.05) is 26.2 Å². The monoisotopic (exact) mass is 254 g/mol. The molecule has 5 heteroatoms. The molecule has 2 rings (SSSR count). The van der Waals surface area contributed by atoms with Gasteiger partial charge in [-0.05, 0) is 19.3 Å². The van der Waals surface area contributed by atoms with Crippen LogP contribution in [0.5, 0.6) is 0 Å². The molecule has 18 heavy (non-hydrogen) atoms. The first-order valence-corrected chi connectivity index (χ1v) is 6.91. The Labute approximate surface area is 108 Å². The summed E-state index contributed by atoms with van der Waals surface area (Å²) in [5.74, 6) is -0.109. The summed E-state index contributed by atoms with van der Waals surface area (Å²) >= 11 is 0.